The van der Waals surface area contributed by atoms with E-state index in [0.717, 1.165) is 9.31 Å². The Kier molecular flexibility index (Phi) is 5.17. The van der Waals surface area contributed by atoms with Crippen LogP contribution in [0.15, 0.2) is 63.4 Å². The second-order valence-electron chi connectivity index (χ2n) is 5.57. The molecule has 0 atom stereocenters. The number of rotatable bonds is 6. The average Bonchev–Trinajstić information content (AvgIpc) is 3.31. The Balaban J connectivity index is 1.79. The summed E-state index contributed by atoms with van der Waals surface area (Å²) in [5.74, 6) is 0.371. The number of ketones is 1. The van der Waals surface area contributed by atoms with Gasteiger partial charge in [0.15, 0.2) is 16.6 Å². The zero-order chi connectivity index (χ0) is 18.7. The average molecular weight is 388 g/mol. The Morgan fingerprint density at radius 2 is 2.04 bits per heavy atom. The molecule has 2 aromatic heterocycles. The lowest BCUT2D eigenvalue weighted by molar-refractivity contribution is 0.104. The van der Waals surface area contributed by atoms with Crippen molar-refractivity contribution in [3.05, 3.63) is 65.4 Å². The third-order valence-electron chi connectivity index (χ3n) is 3.56. The molecule has 8 heteroatoms. The first-order valence-electron chi connectivity index (χ1n) is 7.62. The maximum absolute atomic E-state index is 12.4. The van der Waals surface area contributed by atoms with Crippen molar-refractivity contribution >= 4 is 33.2 Å². The van der Waals surface area contributed by atoms with E-state index >= 15 is 0 Å². The Hall–Kier alpha value is -2.55. The Bertz CT molecular complexity index is 1050. The molecule has 3 aromatic rings. The predicted octanol–water partition coefficient (Wildman–Crippen LogP) is 3.55. The van der Waals surface area contributed by atoms with Crippen molar-refractivity contribution in [2.75, 3.05) is 14.1 Å². The van der Waals surface area contributed by atoms with E-state index in [1.54, 1.807) is 30.5 Å². The molecule has 0 aliphatic heterocycles. The highest BCUT2D eigenvalue weighted by Gasteiger charge is 2.18. The summed E-state index contributed by atoms with van der Waals surface area (Å²) in [5.41, 5.74) is 0.928. The second-order valence-corrected chi connectivity index (χ2v) is 8.58. The van der Waals surface area contributed by atoms with Crippen LogP contribution in [-0.2, 0) is 10.0 Å². The van der Waals surface area contributed by atoms with Gasteiger partial charge in [0, 0.05) is 25.0 Å². The van der Waals surface area contributed by atoms with Gasteiger partial charge in [0.2, 0.25) is 10.0 Å². The van der Waals surface area contributed by atoms with Crippen LogP contribution in [0.5, 0.6) is 0 Å². The Morgan fingerprint density at radius 3 is 2.73 bits per heavy atom. The molecule has 0 saturated carbocycles. The van der Waals surface area contributed by atoms with Crippen LogP contribution in [0.4, 0.5) is 0 Å². The largest absolute Gasteiger partial charge is 0.462 e. The first kappa shape index (κ1) is 18.2. The van der Waals surface area contributed by atoms with Crippen LogP contribution >= 0.6 is 11.3 Å². The van der Waals surface area contributed by atoms with Gasteiger partial charge in [-0.15, -0.1) is 11.3 Å². The lowest BCUT2D eigenvalue weighted by Crippen LogP contribution is -2.22. The van der Waals surface area contributed by atoms with Crippen LogP contribution in [0.2, 0.25) is 0 Å². The number of sulfonamides is 1. The van der Waals surface area contributed by atoms with Crippen molar-refractivity contribution < 1.29 is 17.6 Å². The molecule has 26 heavy (non-hydrogen) atoms. The molecule has 3 rings (SSSR count). The standard InChI is InChI=1S/C18H16N2O4S2/c1-20(2)26(22,23)15-6-3-5-13(11-15)16(21)9-8-14-12-25-18(19-14)17-7-4-10-24-17/h3-12H,1-2H3/b9-8+. The highest BCUT2D eigenvalue weighted by Crippen LogP contribution is 2.24. The summed E-state index contributed by atoms with van der Waals surface area (Å²) in [7, 11) is -0.692. The number of carbonyl (C=O) groups is 1. The fourth-order valence-electron chi connectivity index (χ4n) is 2.15. The van der Waals surface area contributed by atoms with Gasteiger partial charge >= 0.3 is 0 Å². The normalized spacial score (nSPS) is 12.1. The van der Waals surface area contributed by atoms with Crippen LogP contribution in [0.1, 0.15) is 16.1 Å². The minimum atomic E-state index is -3.59. The van der Waals surface area contributed by atoms with E-state index in [1.165, 1.54) is 43.6 Å². The summed E-state index contributed by atoms with van der Waals surface area (Å²) in [5, 5.41) is 2.54. The number of allylic oxidation sites excluding steroid dienone is 1. The van der Waals surface area contributed by atoms with Gasteiger partial charge in [-0.25, -0.2) is 17.7 Å². The van der Waals surface area contributed by atoms with Crippen molar-refractivity contribution in [3.63, 3.8) is 0 Å². The number of aromatic nitrogens is 1. The third kappa shape index (κ3) is 3.82. The Morgan fingerprint density at radius 1 is 1.23 bits per heavy atom. The first-order valence-corrected chi connectivity index (χ1v) is 9.94. The summed E-state index contributed by atoms with van der Waals surface area (Å²) in [6.45, 7) is 0. The van der Waals surface area contributed by atoms with Gasteiger partial charge in [-0.1, -0.05) is 12.1 Å². The van der Waals surface area contributed by atoms with Crippen molar-refractivity contribution in [2.45, 2.75) is 4.90 Å². The fraction of sp³-hybridized carbons (Fsp3) is 0.111. The molecule has 0 fully saturated rings. The number of hydrogen-bond donors (Lipinski definition) is 0. The van der Waals surface area contributed by atoms with Crippen molar-refractivity contribution in [2.24, 2.45) is 0 Å². The van der Waals surface area contributed by atoms with Crippen molar-refractivity contribution in [1.82, 2.24) is 9.29 Å². The number of thiazole rings is 1. The summed E-state index contributed by atoms with van der Waals surface area (Å²) < 4.78 is 30.8. The van der Waals surface area contributed by atoms with Gasteiger partial charge in [0.1, 0.15) is 0 Å². The smallest absolute Gasteiger partial charge is 0.242 e. The van der Waals surface area contributed by atoms with Gasteiger partial charge in [-0.3, -0.25) is 4.79 Å². The second kappa shape index (κ2) is 7.36. The molecule has 0 spiro atoms. The van der Waals surface area contributed by atoms with E-state index < -0.39 is 10.0 Å². The van der Waals surface area contributed by atoms with Crippen LogP contribution in [0.25, 0.3) is 16.8 Å². The monoisotopic (exact) mass is 388 g/mol. The molecular weight excluding hydrogens is 372 g/mol. The minimum Gasteiger partial charge on any atom is -0.462 e. The Labute approximate surface area is 155 Å². The van der Waals surface area contributed by atoms with Crippen LogP contribution in [-0.4, -0.2) is 37.6 Å². The zero-order valence-corrected chi connectivity index (χ0v) is 15.8. The van der Waals surface area contributed by atoms with Gasteiger partial charge in [-0.2, -0.15) is 0 Å². The number of furan rings is 1. The molecule has 0 radical (unpaired) electrons. The van der Waals surface area contributed by atoms with E-state index in [4.69, 9.17) is 4.42 Å². The molecule has 134 valence electrons. The number of benzene rings is 1. The van der Waals surface area contributed by atoms with Crippen LogP contribution < -0.4 is 0 Å². The van der Waals surface area contributed by atoms with E-state index in [0.29, 0.717) is 17.0 Å². The van der Waals surface area contributed by atoms with Gasteiger partial charge in [-0.05, 0) is 36.4 Å². The fourth-order valence-corrected chi connectivity index (χ4v) is 3.86. The SMILES string of the molecule is CN(C)S(=O)(=O)c1cccc(C(=O)/C=C/c2csc(-c3ccco3)n2)c1. The molecule has 0 saturated heterocycles. The molecule has 0 amide bonds. The summed E-state index contributed by atoms with van der Waals surface area (Å²) >= 11 is 1.41. The van der Waals surface area contributed by atoms with Crippen molar-refractivity contribution in [3.8, 4) is 10.8 Å². The third-order valence-corrected chi connectivity index (χ3v) is 6.24. The summed E-state index contributed by atoms with van der Waals surface area (Å²) in [6, 6.07) is 9.56. The van der Waals surface area contributed by atoms with E-state index in [9.17, 15) is 13.2 Å². The highest BCUT2D eigenvalue weighted by molar-refractivity contribution is 7.89. The topological polar surface area (TPSA) is 80.5 Å². The quantitative estimate of drug-likeness (QED) is 0.476. The number of nitrogens with zero attached hydrogens (tertiary/aromatic N) is 2. The molecular formula is C18H16N2O4S2. The highest BCUT2D eigenvalue weighted by atomic mass is 32.2. The van der Waals surface area contributed by atoms with Crippen molar-refractivity contribution in [1.29, 1.82) is 0 Å². The van der Waals surface area contributed by atoms with E-state index in [1.807, 2.05) is 11.4 Å². The summed E-state index contributed by atoms with van der Waals surface area (Å²) in [4.78, 5) is 16.8. The molecule has 0 unspecified atom stereocenters. The van der Waals surface area contributed by atoms with E-state index in [2.05, 4.69) is 4.98 Å². The van der Waals surface area contributed by atoms with Gasteiger partial charge in [0.05, 0.1) is 16.9 Å². The first-order chi connectivity index (χ1) is 12.4. The lowest BCUT2D eigenvalue weighted by atomic mass is 10.1. The van der Waals surface area contributed by atoms with E-state index in [-0.39, 0.29) is 10.7 Å². The molecule has 0 aliphatic carbocycles. The molecule has 0 bridgehead atoms. The maximum atomic E-state index is 12.4. The molecule has 2 heterocycles. The zero-order valence-electron chi connectivity index (χ0n) is 14.1. The van der Waals surface area contributed by atoms with Crippen LogP contribution in [0, 0.1) is 0 Å². The number of hydrogen-bond acceptors (Lipinski definition) is 6. The molecule has 1 aromatic carbocycles. The molecule has 0 N–H and O–H groups in total. The van der Waals surface area contributed by atoms with Crippen LogP contribution in [0.3, 0.4) is 0 Å². The predicted molar refractivity (Wildman–Crippen MR) is 100 cm³/mol. The van der Waals surface area contributed by atoms with Gasteiger partial charge < -0.3 is 4.42 Å². The maximum Gasteiger partial charge on any atom is 0.242 e. The molecule has 0 aliphatic rings. The molecule has 6 nitrogen and oxygen atoms in total. The summed E-state index contributed by atoms with van der Waals surface area (Å²) in [6.07, 6.45) is 4.55. The minimum absolute atomic E-state index is 0.0792. The number of carbonyl (C=O) groups excluding carboxylic acids is 1. The lowest BCUT2D eigenvalue weighted by Gasteiger charge is -2.11. The van der Waals surface area contributed by atoms with Gasteiger partial charge in [0.25, 0.3) is 0 Å².